The summed E-state index contributed by atoms with van der Waals surface area (Å²) in [7, 11) is 1.65. The number of hydrogen-bond acceptors (Lipinski definition) is 8. The van der Waals surface area contributed by atoms with Gasteiger partial charge in [-0.25, -0.2) is 4.98 Å². The molecular formula is C22H23N5O2S. The number of rotatable bonds is 5. The fourth-order valence-electron chi connectivity index (χ4n) is 3.68. The van der Waals surface area contributed by atoms with E-state index in [4.69, 9.17) is 14.2 Å². The molecule has 1 aliphatic rings. The van der Waals surface area contributed by atoms with Crippen molar-refractivity contribution >= 4 is 26.7 Å². The van der Waals surface area contributed by atoms with Crippen molar-refractivity contribution in [2.24, 2.45) is 0 Å². The Balaban J connectivity index is 1.23. The third-order valence-electron chi connectivity index (χ3n) is 5.32. The number of aromatic nitrogens is 3. The molecule has 0 bridgehead atoms. The molecule has 1 saturated heterocycles. The minimum Gasteiger partial charge on any atom is -0.497 e. The van der Waals surface area contributed by atoms with E-state index >= 15 is 0 Å². The van der Waals surface area contributed by atoms with E-state index in [0.29, 0.717) is 18.3 Å². The van der Waals surface area contributed by atoms with Crippen LogP contribution in [0.2, 0.25) is 0 Å². The topological polar surface area (TPSA) is 67.5 Å². The molecule has 0 aliphatic carbocycles. The molecule has 0 spiro atoms. The zero-order chi connectivity index (χ0) is 20.3. The molecule has 2 aromatic carbocycles. The highest BCUT2D eigenvalue weighted by Crippen LogP contribution is 2.29. The summed E-state index contributed by atoms with van der Waals surface area (Å²) in [5.41, 5.74) is 2.00. The third kappa shape index (κ3) is 4.01. The molecule has 7 nitrogen and oxygen atoms in total. The minimum atomic E-state index is 0.610. The van der Waals surface area contributed by atoms with Crippen molar-refractivity contribution in [2.75, 3.05) is 38.2 Å². The first kappa shape index (κ1) is 19.0. The van der Waals surface area contributed by atoms with E-state index in [1.807, 2.05) is 30.3 Å². The second kappa shape index (κ2) is 8.41. The van der Waals surface area contributed by atoms with Gasteiger partial charge in [0.1, 0.15) is 5.75 Å². The molecule has 0 unspecified atom stereocenters. The summed E-state index contributed by atoms with van der Waals surface area (Å²) in [6, 6.07) is 16.0. The lowest BCUT2D eigenvalue weighted by Crippen LogP contribution is -2.30. The number of anilines is 1. The maximum Gasteiger partial charge on any atom is 0.241 e. The van der Waals surface area contributed by atoms with E-state index in [1.54, 1.807) is 18.4 Å². The number of benzene rings is 2. The molecule has 0 saturated carbocycles. The fourth-order valence-corrected chi connectivity index (χ4v) is 4.70. The number of hydrogen-bond donors (Lipinski definition) is 0. The van der Waals surface area contributed by atoms with Crippen molar-refractivity contribution in [3.05, 3.63) is 54.4 Å². The van der Waals surface area contributed by atoms with Crippen LogP contribution < -0.4 is 9.64 Å². The molecule has 0 atom stereocenters. The molecule has 154 valence electrons. The summed E-state index contributed by atoms with van der Waals surface area (Å²) >= 11 is 1.77. The number of nitrogens with zero attached hydrogens (tertiary/aromatic N) is 5. The van der Waals surface area contributed by atoms with Gasteiger partial charge in [0.05, 0.1) is 23.9 Å². The summed E-state index contributed by atoms with van der Waals surface area (Å²) in [5, 5.41) is 5.25. The molecule has 1 aliphatic heterocycles. The van der Waals surface area contributed by atoms with Gasteiger partial charge in [0.2, 0.25) is 11.7 Å². The normalized spacial score (nSPS) is 15.4. The Morgan fingerprint density at radius 3 is 2.70 bits per heavy atom. The van der Waals surface area contributed by atoms with E-state index in [1.165, 1.54) is 4.70 Å². The second-order valence-corrected chi connectivity index (χ2v) is 8.33. The summed E-state index contributed by atoms with van der Waals surface area (Å²) in [5.74, 6) is 2.07. The molecule has 5 rings (SSSR count). The summed E-state index contributed by atoms with van der Waals surface area (Å²) in [4.78, 5) is 14.2. The predicted molar refractivity (Wildman–Crippen MR) is 118 cm³/mol. The average molecular weight is 422 g/mol. The van der Waals surface area contributed by atoms with Gasteiger partial charge in [-0.2, -0.15) is 4.98 Å². The zero-order valence-corrected chi connectivity index (χ0v) is 17.6. The van der Waals surface area contributed by atoms with Crippen LogP contribution in [0.4, 0.5) is 5.13 Å². The van der Waals surface area contributed by atoms with Gasteiger partial charge >= 0.3 is 0 Å². The van der Waals surface area contributed by atoms with Gasteiger partial charge in [-0.3, -0.25) is 4.90 Å². The first-order chi connectivity index (χ1) is 14.8. The average Bonchev–Trinajstić information content (AvgIpc) is 3.36. The van der Waals surface area contributed by atoms with E-state index < -0.39 is 0 Å². The van der Waals surface area contributed by atoms with Crippen molar-refractivity contribution in [1.29, 1.82) is 0 Å². The van der Waals surface area contributed by atoms with Crippen LogP contribution in [-0.4, -0.2) is 53.3 Å². The van der Waals surface area contributed by atoms with Gasteiger partial charge in [-0.15, -0.1) is 0 Å². The SMILES string of the molecule is COc1ccc(-c2noc(CN3CCCN(c4nc5ccccc5s4)CC3)n2)cc1. The van der Waals surface area contributed by atoms with Gasteiger partial charge in [0.15, 0.2) is 5.13 Å². The van der Waals surface area contributed by atoms with Crippen LogP contribution in [0.3, 0.4) is 0 Å². The Morgan fingerprint density at radius 2 is 1.87 bits per heavy atom. The smallest absolute Gasteiger partial charge is 0.241 e. The Bertz CT molecular complexity index is 1090. The number of fused-ring (bicyclic) bond motifs is 1. The van der Waals surface area contributed by atoms with Gasteiger partial charge in [-0.05, 0) is 42.8 Å². The molecule has 0 N–H and O–H groups in total. The Morgan fingerprint density at radius 1 is 1.00 bits per heavy atom. The van der Waals surface area contributed by atoms with Crippen molar-refractivity contribution < 1.29 is 9.26 Å². The van der Waals surface area contributed by atoms with Crippen LogP contribution in [0.15, 0.2) is 53.1 Å². The zero-order valence-electron chi connectivity index (χ0n) is 16.8. The third-order valence-corrected chi connectivity index (χ3v) is 6.41. The highest BCUT2D eigenvalue weighted by atomic mass is 32.1. The highest BCUT2D eigenvalue weighted by Gasteiger charge is 2.20. The summed E-state index contributed by atoms with van der Waals surface area (Å²) in [6.45, 7) is 4.56. The number of ether oxygens (including phenoxy) is 1. The number of methoxy groups -OCH3 is 1. The van der Waals surface area contributed by atoms with Crippen LogP contribution in [0, 0.1) is 0 Å². The van der Waals surface area contributed by atoms with E-state index in [9.17, 15) is 0 Å². The first-order valence-corrected chi connectivity index (χ1v) is 10.9. The van der Waals surface area contributed by atoms with Crippen molar-refractivity contribution in [1.82, 2.24) is 20.0 Å². The van der Waals surface area contributed by atoms with Gasteiger partial charge in [0, 0.05) is 31.7 Å². The molecule has 30 heavy (non-hydrogen) atoms. The molecule has 8 heteroatoms. The molecule has 1 fully saturated rings. The summed E-state index contributed by atoms with van der Waals surface area (Å²) in [6.07, 6.45) is 1.08. The standard InChI is InChI=1S/C22H23N5O2S/c1-28-17-9-7-16(8-10-17)21-24-20(29-25-21)15-26-11-4-12-27(14-13-26)22-23-18-5-2-3-6-19(18)30-22/h2-3,5-10H,4,11-15H2,1H3. The maximum atomic E-state index is 5.51. The van der Waals surface area contributed by atoms with Crippen LogP contribution in [0.5, 0.6) is 5.75 Å². The summed E-state index contributed by atoms with van der Waals surface area (Å²) < 4.78 is 12.0. The largest absolute Gasteiger partial charge is 0.497 e. The lowest BCUT2D eigenvalue weighted by molar-refractivity contribution is 0.239. The molecule has 4 aromatic rings. The lowest BCUT2D eigenvalue weighted by Gasteiger charge is -2.20. The van der Waals surface area contributed by atoms with Crippen LogP contribution in [0.1, 0.15) is 12.3 Å². The quantitative estimate of drug-likeness (QED) is 0.481. The molecule has 3 heterocycles. The maximum absolute atomic E-state index is 5.51. The number of thiazole rings is 1. The second-order valence-electron chi connectivity index (χ2n) is 7.32. The highest BCUT2D eigenvalue weighted by molar-refractivity contribution is 7.22. The first-order valence-electron chi connectivity index (χ1n) is 10.1. The number of para-hydroxylation sites is 1. The van der Waals surface area contributed by atoms with E-state index in [0.717, 1.165) is 54.6 Å². The van der Waals surface area contributed by atoms with Crippen LogP contribution in [0.25, 0.3) is 21.6 Å². The molecule has 0 amide bonds. The fraction of sp³-hybridized carbons (Fsp3) is 0.318. The van der Waals surface area contributed by atoms with Gasteiger partial charge in [0.25, 0.3) is 0 Å². The van der Waals surface area contributed by atoms with E-state index in [-0.39, 0.29) is 0 Å². The van der Waals surface area contributed by atoms with Crippen molar-refractivity contribution in [3.8, 4) is 17.1 Å². The van der Waals surface area contributed by atoms with Gasteiger partial charge in [-0.1, -0.05) is 28.6 Å². The monoisotopic (exact) mass is 421 g/mol. The molecule has 0 radical (unpaired) electrons. The van der Waals surface area contributed by atoms with Crippen LogP contribution in [-0.2, 0) is 6.54 Å². The predicted octanol–water partition coefficient (Wildman–Crippen LogP) is 4.07. The van der Waals surface area contributed by atoms with Crippen LogP contribution >= 0.6 is 11.3 Å². The van der Waals surface area contributed by atoms with Crippen molar-refractivity contribution in [3.63, 3.8) is 0 Å². The molecular weight excluding hydrogens is 398 g/mol. The van der Waals surface area contributed by atoms with Gasteiger partial charge < -0.3 is 14.2 Å². The lowest BCUT2D eigenvalue weighted by atomic mass is 10.2. The molecule has 2 aromatic heterocycles. The Labute approximate surface area is 178 Å². The van der Waals surface area contributed by atoms with Crippen molar-refractivity contribution in [2.45, 2.75) is 13.0 Å². The minimum absolute atomic E-state index is 0.610. The Kier molecular flexibility index (Phi) is 5.33. The van der Waals surface area contributed by atoms with E-state index in [2.05, 4.69) is 38.1 Å². The Hall–Kier alpha value is -2.97.